The summed E-state index contributed by atoms with van der Waals surface area (Å²) >= 11 is 0. The summed E-state index contributed by atoms with van der Waals surface area (Å²) < 4.78 is 41.0. The third-order valence-electron chi connectivity index (χ3n) is 5.08. The number of aromatic nitrogens is 3. The molecule has 3 aromatic rings. The summed E-state index contributed by atoms with van der Waals surface area (Å²) in [5.74, 6) is 0.574. The van der Waals surface area contributed by atoms with Gasteiger partial charge in [-0.05, 0) is 42.2 Å². The molecule has 0 saturated carbocycles. The van der Waals surface area contributed by atoms with Gasteiger partial charge >= 0.3 is 6.18 Å². The monoisotopic (exact) mass is 410 g/mol. The number of alkyl halides is 3. The van der Waals surface area contributed by atoms with E-state index in [2.05, 4.69) is 9.97 Å². The summed E-state index contributed by atoms with van der Waals surface area (Å²) in [5, 5.41) is 9.08. The number of nitriles is 1. The Kier molecular flexibility index (Phi) is 4.49. The normalized spacial score (nSPS) is 15.5. The molecule has 1 aromatic carbocycles. The zero-order valence-corrected chi connectivity index (χ0v) is 16.3. The molecule has 152 valence electrons. The Balaban J connectivity index is 1.73. The molecular weight excluding hydrogens is 393 g/mol. The number of halogens is 3. The standard InChI is InChI=1S/C22H17F3N4O/c1-21(2)8-17-16(19(30)9-21)3-4-20(28-17)29-11-18(27-12-29)14-5-13(10-26)6-15(7-14)22(23,24)25/h3-7,11-12H,8-9H2,1-2H3. The van der Waals surface area contributed by atoms with Gasteiger partial charge in [0.1, 0.15) is 12.1 Å². The van der Waals surface area contributed by atoms with Crippen LogP contribution in [0.25, 0.3) is 17.1 Å². The van der Waals surface area contributed by atoms with E-state index in [1.54, 1.807) is 29.0 Å². The van der Waals surface area contributed by atoms with E-state index in [9.17, 15) is 18.0 Å². The fraction of sp³-hybridized carbons (Fsp3) is 0.273. The third kappa shape index (κ3) is 3.71. The number of carbonyl (C=O) groups is 1. The van der Waals surface area contributed by atoms with Crippen LogP contribution in [0.1, 0.15) is 47.4 Å². The Hall–Kier alpha value is -3.47. The molecule has 30 heavy (non-hydrogen) atoms. The number of nitrogens with zero attached hydrogens (tertiary/aromatic N) is 4. The number of hydrogen-bond donors (Lipinski definition) is 0. The van der Waals surface area contributed by atoms with Crippen LogP contribution in [-0.2, 0) is 12.6 Å². The van der Waals surface area contributed by atoms with E-state index in [1.165, 1.54) is 12.4 Å². The van der Waals surface area contributed by atoms with Crippen molar-refractivity contribution < 1.29 is 18.0 Å². The quantitative estimate of drug-likeness (QED) is 0.597. The van der Waals surface area contributed by atoms with Gasteiger partial charge in [-0.3, -0.25) is 9.36 Å². The van der Waals surface area contributed by atoms with Gasteiger partial charge < -0.3 is 0 Å². The van der Waals surface area contributed by atoms with Crippen molar-refractivity contribution in [2.24, 2.45) is 5.41 Å². The lowest BCUT2D eigenvalue weighted by molar-refractivity contribution is -0.137. The minimum atomic E-state index is -4.57. The Bertz CT molecular complexity index is 1200. The number of ketones is 1. The van der Waals surface area contributed by atoms with Crippen molar-refractivity contribution in [1.82, 2.24) is 14.5 Å². The predicted octanol–water partition coefficient (Wildman–Crippen LogP) is 4.98. The largest absolute Gasteiger partial charge is 0.416 e. The van der Waals surface area contributed by atoms with Crippen molar-refractivity contribution >= 4 is 5.78 Å². The van der Waals surface area contributed by atoms with Crippen molar-refractivity contribution in [1.29, 1.82) is 5.26 Å². The first kappa shape index (κ1) is 19.8. The number of carbonyl (C=O) groups excluding carboxylic acids is 1. The highest BCUT2D eigenvalue weighted by Crippen LogP contribution is 2.35. The van der Waals surface area contributed by atoms with E-state index in [0.29, 0.717) is 29.9 Å². The van der Waals surface area contributed by atoms with E-state index in [4.69, 9.17) is 5.26 Å². The van der Waals surface area contributed by atoms with E-state index >= 15 is 0 Å². The maximum absolute atomic E-state index is 13.2. The first-order valence-electron chi connectivity index (χ1n) is 9.26. The molecule has 0 radical (unpaired) electrons. The van der Waals surface area contributed by atoms with Gasteiger partial charge in [0.05, 0.1) is 28.6 Å². The third-order valence-corrected chi connectivity index (χ3v) is 5.08. The van der Waals surface area contributed by atoms with E-state index < -0.39 is 11.7 Å². The molecule has 0 N–H and O–H groups in total. The maximum Gasteiger partial charge on any atom is 0.416 e. The number of imidazole rings is 1. The predicted molar refractivity (Wildman–Crippen MR) is 103 cm³/mol. The van der Waals surface area contributed by atoms with Gasteiger partial charge in [-0.2, -0.15) is 18.4 Å². The highest BCUT2D eigenvalue weighted by Gasteiger charge is 2.33. The summed E-state index contributed by atoms with van der Waals surface area (Å²) in [4.78, 5) is 21.1. The van der Waals surface area contributed by atoms with Crippen LogP contribution < -0.4 is 0 Å². The smallest absolute Gasteiger partial charge is 0.294 e. The summed E-state index contributed by atoms with van der Waals surface area (Å²) in [6, 6.07) is 8.31. The van der Waals surface area contributed by atoms with Gasteiger partial charge in [0.25, 0.3) is 0 Å². The number of Topliss-reactive ketones (excluding diaryl/α,β-unsaturated/α-hetero) is 1. The van der Waals surface area contributed by atoms with Crippen molar-refractivity contribution in [2.45, 2.75) is 32.9 Å². The molecule has 0 fully saturated rings. The van der Waals surface area contributed by atoms with Gasteiger partial charge in [-0.25, -0.2) is 9.97 Å². The molecule has 0 amide bonds. The molecule has 0 atom stereocenters. The lowest BCUT2D eigenvalue weighted by Crippen LogP contribution is -2.28. The Morgan fingerprint density at radius 2 is 1.93 bits per heavy atom. The van der Waals surface area contributed by atoms with E-state index in [0.717, 1.165) is 12.1 Å². The zero-order chi connectivity index (χ0) is 21.7. The number of hydrogen-bond acceptors (Lipinski definition) is 4. The topological polar surface area (TPSA) is 71.6 Å². The molecule has 8 heteroatoms. The number of rotatable bonds is 2. The number of fused-ring (bicyclic) bond motifs is 1. The Labute approximate surface area is 170 Å². The number of benzene rings is 1. The van der Waals surface area contributed by atoms with Crippen LogP contribution in [0.15, 0.2) is 42.9 Å². The second kappa shape index (κ2) is 6.80. The molecule has 5 nitrogen and oxygen atoms in total. The first-order valence-corrected chi connectivity index (χ1v) is 9.26. The van der Waals surface area contributed by atoms with Gasteiger partial charge in [-0.15, -0.1) is 0 Å². The summed E-state index contributed by atoms with van der Waals surface area (Å²) in [6.45, 7) is 4.02. The number of pyridine rings is 1. The minimum absolute atomic E-state index is 0.0552. The molecule has 0 spiro atoms. The molecule has 2 aromatic heterocycles. The van der Waals surface area contributed by atoms with Crippen LogP contribution in [0.5, 0.6) is 0 Å². The summed E-state index contributed by atoms with van der Waals surface area (Å²) in [6.07, 6.45) is -0.438. The van der Waals surface area contributed by atoms with E-state index in [1.807, 2.05) is 13.8 Å². The van der Waals surface area contributed by atoms with Crippen LogP contribution >= 0.6 is 0 Å². The van der Waals surface area contributed by atoms with Crippen molar-refractivity contribution in [2.75, 3.05) is 0 Å². The fourth-order valence-electron chi connectivity index (χ4n) is 3.67. The van der Waals surface area contributed by atoms with Crippen LogP contribution in [0, 0.1) is 16.7 Å². The Morgan fingerprint density at radius 3 is 2.63 bits per heavy atom. The molecular formula is C22H17F3N4O. The second-order valence-electron chi connectivity index (χ2n) is 8.18. The second-order valence-corrected chi connectivity index (χ2v) is 8.18. The average Bonchev–Trinajstić information content (AvgIpc) is 3.15. The average molecular weight is 410 g/mol. The van der Waals surface area contributed by atoms with Gasteiger partial charge in [0, 0.05) is 23.7 Å². The van der Waals surface area contributed by atoms with Gasteiger partial charge in [-0.1, -0.05) is 13.8 Å². The SMILES string of the molecule is CC1(C)CC(=O)c2ccc(-n3cnc(-c4cc(C#N)cc(C(F)(F)F)c4)c3)nc2C1. The molecule has 2 heterocycles. The molecule has 1 aliphatic carbocycles. The lowest BCUT2D eigenvalue weighted by Gasteiger charge is -2.29. The molecule has 0 unspecified atom stereocenters. The highest BCUT2D eigenvalue weighted by atomic mass is 19.4. The molecule has 0 bridgehead atoms. The zero-order valence-electron chi connectivity index (χ0n) is 16.3. The molecule has 1 aliphatic rings. The van der Waals surface area contributed by atoms with Crippen LogP contribution in [0.3, 0.4) is 0 Å². The maximum atomic E-state index is 13.2. The molecule has 0 saturated heterocycles. The summed E-state index contributed by atoms with van der Waals surface area (Å²) in [5.41, 5.74) is 0.607. The lowest BCUT2D eigenvalue weighted by atomic mass is 9.76. The van der Waals surface area contributed by atoms with Crippen molar-refractivity contribution in [3.63, 3.8) is 0 Å². The van der Waals surface area contributed by atoms with Crippen LogP contribution in [0.2, 0.25) is 0 Å². The Morgan fingerprint density at radius 1 is 1.17 bits per heavy atom. The van der Waals surface area contributed by atoms with E-state index in [-0.39, 0.29) is 28.0 Å². The van der Waals surface area contributed by atoms with Crippen LogP contribution in [0.4, 0.5) is 13.2 Å². The fourth-order valence-corrected chi connectivity index (χ4v) is 3.67. The van der Waals surface area contributed by atoms with Crippen LogP contribution in [-0.4, -0.2) is 20.3 Å². The van der Waals surface area contributed by atoms with Crippen molar-refractivity contribution in [3.05, 3.63) is 65.2 Å². The van der Waals surface area contributed by atoms with Gasteiger partial charge in [0.15, 0.2) is 5.78 Å². The highest BCUT2D eigenvalue weighted by molar-refractivity contribution is 5.98. The summed E-state index contributed by atoms with van der Waals surface area (Å²) in [7, 11) is 0. The molecule has 4 rings (SSSR count). The van der Waals surface area contributed by atoms with Crippen molar-refractivity contribution in [3.8, 4) is 23.1 Å². The van der Waals surface area contributed by atoms with Gasteiger partial charge in [0.2, 0.25) is 0 Å². The molecule has 0 aliphatic heterocycles. The minimum Gasteiger partial charge on any atom is -0.294 e. The first-order chi connectivity index (χ1) is 14.1.